The van der Waals surface area contributed by atoms with Crippen LogP contribution in [0.5, 0.6) is 11.5 Å². The molecule has 0 bridgehead atoms. The van der Waals surface area contributed by atoms with Crippen LogP contribution in [-0.4, -0.2) is 24.5 Å². The van der Waals surface area contributed by atoms with Crippen molar-refractivity contribution in [2.24, 2.45) is 0 Å². The third kappa shape index (κ3) is 4.59. The number of nitriles is 1. The van der Waals surface area contributed by atoms with Crippen LogP contribution in [0.3, 0.4) is 0 Å². The van der Waals surface area contributed by atoms with Gasteiger partial charge in [0, 0.05) is 6.07 Å². The van der Waals surface area contributed by atoms with Crippen LogP contribution in [0, 0.1) is 21.4 Å². The van der Waals surface area contributed by atoms with E-state index in [1.54, 1.807) is 0 Å². The molecule has 0 saturated heterocycles. The van der Waals surface area contributed by atoms with Gasteiger partial charge >= 0.3 is 0 Å². The standard InChI is InChI=1S/C16H12ClN3O5/c1-24-15-7-11(20(22)23)3-4-13(15)19-16(21)9-25-14-5-2-10(8-18)6-12(14)17/h2-7H,9H2,1H3,(H,19,21). The van der Waals surface area contributed by atoms with Crippen molar-refractivity contribution in [2.45, 2.75) is 0 Å². The predicted molar refractivity (Wildman–Crippen MR) is 89.9 cm³/mol. The lowest BCUT2D eigenvalue weighted by Gasteiger charge is -2.11. The topological polar surface area (TPSA) is 114 Å². The number of amides is 1. The van der Waals surface area contributed by atoms with Crippen molar-refractivity contribution in [1.82, 2.24) is 0 Å². The number of non-ortho nitro benzene ring substituents is 1. The van der Waals surface area contributed by atoms with Gasteiger partial charge in [0.25, 0.3) is 11.6 Å². The lowest BCUT2D eigenvalue weighted by atomic mass is 10.2. The van der Waals surface area contributed by atoms with Gasteiger partial charge in [0.2, 0.25) is 0 Å². The molecule has 0 aliphatic carbocycles. The molecule has 2 aromatic rings. The summed E-state index contributed by atoms with van der Waals surface area (Å²) in [6, 6.07) is 10.2. The van der Waals surface area contributed by atoms with Crippen LogP contribution in [0.15, 0.2) is 36.4 Å². The van der Waals surface area contributed by atoms with Crippen LogP contribution in [0.1, 0.15) is 5.56 Å². The minimum Gasteiger partial charge on any atom is -0.494 e. The summed E-state index contributed by atoms with van der Waals surface area (Å²) in [5.74, 6) is -0.0991. The van der Waals surface area contributed by atoms with Gasteiger partial charge in [0.1, 0.15) is 11.5 Å². The van der Waals surface area contributed by atoms with Gasteiger partial charge in [-0.25, -0.2) is 0 Å². The number of ether oxygens (including phenoxy) is 2. The monoisotopic (exact) mass is 361 g/mol. The van der Waals surface area contributed by atoms with E-state index < -0.39 is 10.8 Å². The molecule has 0 aliphatic rings. The largest absolute Gasteiger partial charge is 0.494 e. The summed E-state index contributed by atoms with van der Waals surface area (Å²) in [6.07, 6.45) is 0. The Hall–Kier alpha value is -3.31. The molecule has 25 heavy (non-hydrogen) atoms. The highest BCUT2D eigenvalue weighted by Crippen LogP contribution is 2.29. The maximum absolute atomic E-state index is 12.0. The predicted octanol–water partition coefficient (Wildman–Crippen LogP) is 3.15. The molecule has 0 fully saturated rings. The van der Waals surface area contributed by atoms with Crippen LogP contribution >= 0.6 is 11.6 Å². The first-order chi connectivity index (χ1) is 11.9. The van der Waals surface area contributed by atoms with E-state index in [0.717, 1.165) is 0 Å². The summed E-state index contributed by atoms with van der Waals surface area (Å²) >= 11 is 5.95. The Morgan fingerprint density at radius 3 is 2.68 bits per heavy atom. The van der Waals surface area contributed by atoms with Gasteiger partial charge in [0.05, 0.1) is 40.4 Å². The maximum Gasteiger partial charge on any atom is 0.273 e. The van der Waals surface area contributed by atoms with Crippen LogP contribution in [-0.2, 0) is 4.79 Å². The summed E-state index contributed by atoms with van der Waals surface area (Å²) in [4.78, 5) is 22.2. The molecular weight excluding hydrogens is 350 g/mol. The Morgan fingerprint density at radius 1 is 1.32 bits per heavy atom. The molecule has 0 radical (unpaired) electrons. The summed E-state index contributed by atoms with van der Waals surface area (Å²) in [5, 5.41) is 22.3. The van der Waals surface area contributed by atoms with Gasteiger partial charge in [-0.15, -0.1) is 0 Å². The second kappa shape index (κ2) is 7.99. The van der Waals surface area contributed by atoms with E-state index in [1.807, 2.05) is 6.07 Å². The van der Waals surface area contributed by atoms with Gasteiger partial charge in [-0.1, -0.05) is 11.6 Å². The van der Waals surface area contributed by atoms with E-state index in [9.17, 15) is 14.9 Å². The number of hydrogen-bond donors (Lipinski definition) is 1. The number of halogens is 1. The van der Waals surface area contributed by atoms with E-state index in [-0.39, 0.29) is 34.5 Å². The lowest BCUT2D eigenvalue weighted by Crippen LogP contribution is -2.20. The number of nitro groups is 1. The first kappa shape index (κ1) is 18.0. The number of carbonyl (C=O) groups is 1. The molecule has 0 atom stereocenters. The molecule has 0 spiro atoms. The Kier molecular flexibility index (Phi) is 5.76. The van der Waals surface area contributed by atoms with Crippen molar-refractivity contribution < 1.29 is 19.2 Å². The Bertz CT molecular complexity index is 863. The number of nitrogens with zero attached hydrogens (tertiary/aromatic N) is 2. The fourth-order valence-electron chi connectivity index (χ4n) is 1.91. The molecule has 0 heterocycles. The number of rotatable bonds is 6. The number of nitrogens with one attached hydrogen (secondary N) is 1. The average Bonchev–Trinajstić information content (AvgIpc) is 2.60. The molecule has 9 heteroatoms. The van der Waals surface area contributed by atoms with Crippen LogP contribution in [0.25, 0.3) is 0 Å². The van der Waals surface area contributed by atoms with E-state index in [0.29, 0.717) is 5.56 Å². The van der Waals surface area contributed by atoms with Crippen molar-refractivity contribution in [3.8, 4) is 17.6 Å². The zero-order chi connectivity index (χ0) is 18.4. The molecule has 1 amide bonds. The summed E-state index contributed by atoms with van der Waals surface area (Å²) in [7, 11) is 1.34. The first-order valence-electron chi connectivity index (χ1n) is 6.89. The van der Waals surface area contributed by atoms with Gasteiger partial charge in [0.15, 0.2) is 6.61 Å². The summed E-state index contributed by atoms with van der Waals surface area (Å²) < 4.78 is 10.3. The highest BCUT2D eigenvalue weighted by atomic mass is 35.5. The molecule has 0 unspecified atom stereocenters. The minimum absolute atomic E-state index is 0.152. The number of methoxy groups -OCH3 is 1. The average molecular weight is 362 g/mol. The SMILES string of the molecule is COc1cc([N+](=O)[O-])ccc1NC(=O)COc1ccc(C#N)cc1Cl. The van der Waals surface area contributed by atoms with Crippen molar-refractivity contribution in [3.63, 3.8) is 0 Å². The van der Waals surface area contributed by atoms with Gasteiger partial charge < -0.3 is 14.8 Å². The third-order valence-electron chi connectivity index (χ3n) is 3.09. The second-order valence-electron chi connectivity index (χ2n) is 4.74. The van der Waals surface area contributed by atoms with Crippen molar-refractivity contribution in [1.29, 1.82) is 5.26 Å². The number of benzene rings is 2. The Balaban J connectivity index is 2.03. The van der Waals surface area contributed by atoms with Crippen molar-refractivity contribution in [2.75, 3.05) is 19.0 Å². The van der Waals surface area contributed by atoms with E-state index in [2.05, 4.69) is 5.32 Å². The van der Waals surface area contributed by atoms with Crippen LogP contribution in [0.4, 0.5) is 11.4 Å². The zero-order valence-electron chi connectivity index (χ0n) is 13.0. The molecular formula is C16H12ClN3O5. The highest BCUT2D eigenvalue weighted by molar-refractivity contribution is 6.32. The highest BCUT2D eigenvalue weighted by Gasteiger charge is 2.14. The van der Waals surface area contributed by atoms with E-state index in [1.165, 1.54) is 43.5 Å². The fourth-order valence-corrected chi connectivity index (χ4v) is 2.15. The smallest absolute Gasteiger partial charge is 0.273 e. The Labute approximate surface area is 147 Å². The van der Waals surface area contributed by atoms with E-state index >= 15 is 0 Å². The normalized spacial score (nSPS) is 9.80. The van der Waals surface area contributed by atoms with Crippen LogP contribution < -0.4 is 14.8 Å². The summed E-state index contributed by atoms with van der Waals surface area (Å²) in [5.41, 5.74) is 0.487. The Morgan fingerprint density at radius 2 is 2.08 bits per heavy atom. The summed E-state index contributed by atoms with van der Waals surface area (Å²) in [6.45, 7) is -0.342. The van der Waals surface area contributed by atoms with Gasteiger partial charge in [-0.05, 0) is 24.3 Å². The maximum atomic E-state index is 12.0. The number of carbonyl (C=O) groups excluding carboxylic acids is 1. The number of nitro benzene ring substituents is 1. The van der Waals surface area contributed by atoms with Crippen LogP contribution in [0.2, 0.25) is 5.02 Å². The molecule has 128 valence electrons. The minimum atomic E-state index is -0.565. The lowest BCUT2D eigenvalue weighted by molar-refractivity contribution is -0.384. The molecule has 1 N–H and O–H groups in total. The molecule has 0 aliphatic heterocycles. The van der Waals surface area contributed by atoms with Gasteiger partial charge in [-0.2, -0.15) is 5.26 Å². The van der Waals surface area contributed by atoms with Gasteiger partial charge in [-0.3, -0.25) is 14.9 Å². The molecule has 8 nitrogen and oxygen atoms in total. The zero-order valence-corrected chi connectivity index (χ0v) is 13.7. The second-order valence-corrected chi connectivity index (χ2v) is 5.14. The first-order valence-corrected chi connectivity index (χ1v) is 7.27. The van der Waals surface area contributed by atoms with Crippen molar-refractivity contribution >= 4 is 28.9 Å². The fraction of sp³-hybridized carbons (Fsp3) is 0.125. The van der Waals surface area contributed by atoms with E-state index in [4.69, 9.17) is 26.3 Å². The molecule has 2 aromatic carbocycles. The molecule has 0 aromatic heterocycles. The molecule has 2 rings (SSSR count). The quantitative estimate of drug-likeness (QED) is 0.624. The number of anilines is 1. The van der Waals surface area contributed by atoms with Crippen molar-refractivity contribution in [3.05, 3.63) is 57.1 Å². The third-order valence-corrected chi connectivity index (χ3v) is 3.39. The number of hydrogen-bond acceptors (Lipinski definition) is 6. The molecule has 0 saturated carbocycles.